The highest BCUT2D eigenvalue weighted by atomic mass is 32.2. The Morgan fingerprint density at radius 2 is 1.58 bits per heavy atom. The van der Waals surface area contributed by atoms with Crippen LogP contribution >= 0.6 is 11.8 Å². The number of hydrogen-bond donors (Lipinski definition) is 6. The maximum atomic E-state index is 13.4. The Morgan fingerprint density at radius 1 is 0.974 bits per heavy atom. The number of amides is 3. The van der Waals surface area contributed by atoms with Gasteiger partial charge in [-0.15, -0.1) is 0 Å². The SMILES string of the molecule is CSCCC(N)C(=O)NC(Cc1cnc[nH]1)C(=O)NC(Cc1ccccc1)C(=O)NC(CC(C)C)C(=O)O. The van der Waals surface area contributed by atoms with Crippen LogP contribution in [0.5, 0.6) is 0 Å². The molecule has 0 spiro atoms. The van der Waals surface area contributed by atoms with Gasteiger partial charge in [0.2, 0.25) is 17.7 Å². The molecule has 0 saturated carbocycles. The quantitative estimate of drug-likeness (QED) is 0.179. The Bertz CT molecular complexity index is 1030. The van der Waals surface area contributed by atoms with E-state index in [0.717, 1.165) is 5.56 Å². The summed E-state index contributed by atoms with van der Waals surface area (Å²) < 4.78 is 0. The van der Waals surface area contributed by atoms with Crippen molar-refractivity contribution in [3.8, 4) is 0 Å². The van der Waals surface area contributed by atoms with Crippen molar-refractivity contribution in [1.29, 1.82) is 0 Å². The third-order valence-electron chi connectivity index (χ3n) is 5.82. The van der Waals surface area contributed by atoms with Gasteiger partial charge in [0.05, 0.1) is 12.4 Å². The van der Waals surface area contributed by atoms with Gasteiger partial charge >= 0.3 is 5.97 Å². The van der Waals surface area contributed by atoms with E-state index in [4.69, 9.17) is 5.73 Å². The minimum atomic E-state index is -1.15. The van der Waals surface area contributed by atoms with Crippen molar-refractivity contribution >= 4 is 35.5 Å². The number of H-pyrrole nitrogens is 1. The fourth-order valence-corrected chi connectivity index (χ4v) is 4.27. The standard InChI is InChI=1S/C26H38N6O5S/c1-16(2)11-22(26(36)37)32-24(34)20(12-17-7-5-4-6-8-17)31-25(35)21(13-18-14-28-15-29-18)30-23(33)19(27)9-10-38-3/h4-8,14-16,19-22H,9-13,27H2,1-3H3,(H,28,29)(H,30,33)(H,31,35)(H,32,34)(H,36,37). The zero-order valence-electron chi connectivity index (χ0n) is 22.0. The Balaban J connectivity index is 2.25. The maximum Gasteiger partial charge on any atom is 0.326 e. The molecule has 38 heavy (non-hydrogen) atoms. The highest BCUT2D eigenvalue weighted by Gasteiger charge is 2.31. The normalized spacial score (nSPS) is 14.2. The molecule has 1 aromatic carbocycles. The topological polar surface area (TPSA) is 179 Å². The average Bonchev–Trinajstić information content (AvgIpc) is 3.39. The highest BCUT2D eigenvalue weighted by Crippen LogP contribution is 2.09. The predicted octanol–water partition coefficient (Wildman–Crippen LogP) is 0.860. The number of nitrogens with two attached hydrogens (primary N) is 1. The molecule has 3 amide bonds. The Hall–Kier alpha value is -3.38. The molecule has 0 aliphatic carbocycles. The number of carboxylic acids is 1. The number of rotatable bonds is 16. The van der Waals surface area contributed by atoms with Crippen molar-refractivity contribution in [1.82, 2.24) is 25.9 Å². The molecule has 1 heterocycles. The number of imidazole rings is 1. The molecule has 0 aliphatic heterocycles. The second-order valence-corrected chi connectivity index (χ2v) is 10.5. The molecule has 0 radical (unpaired) electrons. The van der Waals surface area contributed by atoms with Crippen molar-refractivity contribution in [2.45, 2.75) is 63.7 Å². The van der Waals surface area contributed by atoms with Crippen molar-refractivity contribution < 1.29 is 24.3 Å². The second kappa shape index (κ2) is 15.8. The molecule has 0 saturated heterocycles. The van der Waals surface area contributed by atoms with Crippen LogP contribution in [0.15, 0.2) is 42.9 Å². The van der Waals surface area contributed by atoms with Gasteiger partial charge in [-0.05, 0) is 36.3 Å². The summed E-state index contributed by atoms with van der Waals surface area (Å²) in [6, 6.07) is 5.04. The number of carbonyl (C=O) groups excluding carboxylic acids is 3. The summed E-state index contributed by atoms with van der Waals surface area (Å²) in [5, 5.41) is 17.6. The maximum absolute atomic E-state index is 13.4. The first-order valence-electron chi connectivity index (χ1n) is 12.5. The molecule has 12 heteroatoms. The molecule has 11 nitrogen and oxygen atoms in total. The van der Waals surface area contributed by atoms with E-state index >= 15 is 0 Å². The molecule has 0 aliphatic rings. The summed E-state index contributed by atoms with van der Waals surface area (Å²) in [5.74, 6) is -2.14. The van der Waals surface area contributed by atoms with Crippen LogP contribution in [0.1, 0.15) is 37.9 Å². The van der Waals surface area contributed by atoms with Crippen LogP contribution in [0, 0.1) is 5.92 Å². The van der Waals surface area contributed by atoms with Crippen molar-refractivity contribution in [3.05, 3.63) is 54.1 Å². The zero-order valence-corrected chi connectivity index (χ0v) is 22.8. The van der Waals surface area contributed by atoms with Gasteiger partial charge in [0, 0.05) is 24.7 Å². The summed E-state index contributed by atoms with van der Waals surface area (Å²) in [7, 11) is 0. The summed E-state index contributed by atoms with van der Waals surface area (Å²) in [6.07, 6.45) is 5.81. The van der Waals surface area contributed by atoms with Crippen LogP contribution in [-0.2, 0) is 32.0 Å². The molecule has 2 rings (SSSR count). The number of benzene rings is 1. The summed E-state index contributed by atoms with van der Waals surface area (Å²) >= 11 is 1.56. The fourth-order valence-electron chi connectivity index (χ4n) is 3.78. The van der Waals surface area contributed by atoms with Gasteiger partial charge in [-0.25, -0.2) is 9.78 Å². The van der Waals surface area contributed by atoms with Gasteiger partial charge < -0.3 is 31.8 Å². The van der Waals surface area contributed by atoms with E-state index in [-0.39, 0.29) is 25.2 Å². The van der Waals surface area contributed by atoms with E-state index in [9.17, 15) is 24.3 Å². The molecule has 4 unspecified atom stereocenters. The Labute approximate surface area is 227 Å². The monoisotopic (exact) mass is 546 g/mol. The van der Waals surface area contributed by atoms with Crippen molar-refractivity contribution in [2.75, 3.05) is 12.0 Å². The average molecular weight is 547 g/mol. The van der Waals surface area contributed by atoms with Crippen LogP contribution in [0.4, 0.5) is 0 Å². The molecule has 0 bridgehead atoms. The fraction of sp³-hybridized carbons (Fsp3) is 0.500. The minimum absolute atomic E-state index is 0.0304. The van der Waals surface area contributed by atoms with Crippen LogP contribution < -0.4 is 21.7 Å². The summed E-state index contributed by atoms with van der Waals surface area (Å²) in [5.41, 5.74) is 7.38. The number of aromatic amines is 1. The van der Waals surface area contributed by atoms with E-state index in [1.54, 1.807) is 11.8 Å². The lowest BCUT2D eigenvalue weighted by atomic mass is 10.0. The van der Waals surface area contributed by atoms with E-state index < -0.39 is 47.9 Å². The number of nitrogens with zero attached hydrogens (tertiary/aromatic N) is 1. The third-order valence-corrected chi connectivity index (χ3v) is 6.46. The molecule has 1 aromatic heterocycles. The number of carbonyl (C=O) groups is 4. The minimum Gasteiger partial charge on any atom is -0.480 e. The lowest BCUT2D eigenvalue weighted by Crippen LogP contribution is -2.58. The third kappa shape index (κ3) is 10.5. The van der Waals surface area contributed by atoms with E-state index in [2.05, 4.69) is 25.9 Å². The lowest BCUT2D eigenvalue weighted by Gasteiger charge is -2.25. The van der Waals surface area contributed by atoms with Gasteiger partial charge in [-0.2, -0.15) is 11.8 Å². The van der Waals surface area contributed by atoms with Gasteiger partial charge in [-0.3, -0.25) is 14.4 Å². The molecule has 7 N–H and O–H groups in total. The first-order chi connectivity index (χ1) is 18.1. The summed E-state index contributed by atoms with van der Waals surface area (Å²) in [6.45, 7) is 3.72. The predicted molar refractivity (Wildman–Crippen MR) is 146 cm³/mol. The van der Waals surface area contributed by atoms with E-state index in [0.29, 0.717) is 17.9 Å². The van der Waals surface area contributed by atoms with Crippen LogP contribution in [0.3, 0.4) is 0 Å². The van der Waals surface area contributed by atoms with Crippen molar-refractivity contribution in [3.63, 3.8) is 0 Å². The van der Waals surface area contributed by atoms with Gasteiger partial charge in [0.15, 0.2) is 0 Å². The highest BCUT2D eigenvalue weighted by molar-refractivity contribution is 7.98. The molecule has 0 fully saturated rings. The van der Waals surface area contributed by atoms with Crippen LogP contribution in [-0.4, -0.2) is 74.9 Å². The summed E-state index contributed by atoms with van der Waals surface area (Å²) in [4.78, 5) is 58.0. The van der Waals surface area contributed by atoms with Crippen LogP contribution in [0.25, 0.3) is 0 Å². The van der Waals surface area contributed by atoms with E-state index in [1.165, 1.54) is 12.5 Å². The zero-order chi connectivity index (χ0) is 28.1. The number of aromatic nitrogens is 2. The molecular weight excluding hydrogens is 508 g/mol. The number of nitrogens with one attached hydrogen (secondary N) is 4. The molecule has 2 aromatic rings. The first kappa shape index (κ1) is 30.8. The number of aliphatic carboxylic acids is 1. The second-order valence-electron chi connectivity index (χ2n) is 9.51. The number of hydrogen-bond acceptors (Lipinski definition) is 7. The first-order valence-corrected chi connectivity index (χ1v) is 13.9. The molecular formula is C26H38N6O5S. The van der Waals surface area contributed by atoms with E-state index in [1.807, 2.05) is 50.4 Å². The largest absolute Gasteiger partial charge is 0.480 e. The molecule has 4 atom stereocenters. The Kier molecular flexibility index (Phi) is 12.8. The lowest BCUT2D eigenvalue weighted by molar-refractivity contribution is -0.142. The van der Waals surface area contributed by atoms with Crippen LogP contribution in [0.2, 0.25) is 0 Å². The van der Waals surface area contributed by atoms with Gasteiger partial charge in [-0.1, -0.05) is 44.2 Å². The van der Waals surface area contributed by atoms with Crippen molar-refractivity contribution in [2.24, 2.45) is 11.7 Å². The number of carboxylic acid groups (broad SMARTS) is 1. The Morgan fingerprint density at radius 3 is 2.13 bits per heavy atom. The van der Waals surface area contributed by atoms with Gasteiger partial charge in [0.25, 0.3) is 0 Å². The number of thioether (sulfide) groups is 1. The smallest absolute Gasteiger partial charge is 0.326 e. The molecule has 208 valence electrons. The van der Waals surface area contributed by atoms with Gasteiger partial charge in [0.1, 0.15) is 18.1 Å².